The molecule has 0 bridgehead atoms. The van der Waals surface area contributed by atoms with Gasteiger partial charge in [-0.1, -0.05) is 25.9 Å². The number of hydrogen-bond acceptors (Lipinski definition) is 6. The number of amides is 2. The number of rotatable bonds is 5. The zero-order chi connectivity index (χ0) is 19.4. The van der Waals surface area contributed by atoms with Crippen molar-refractivity contribution in [1.29, 1.82) is 0 Å². The number of benzene rings is 1. The average Bonchev–Trinajstić information content (AvgIpc) is 3.10. The van der Waals surface area contributed by atoms with Gasteiger partial charge in [0.05, 0.1) is 6.54 Å². The first-order valence-corrected chi connectivity index (χ1v) is 9.06. The van der Waals surface area contributed by atoms with Crippen molar-refractivity contribution in [3.8, 4) is 0 Å². The zero-order valence-corrected chi connectivity index (χ0v) is 15.9. The Balaban J connectivity index is 1.50. The summed E-state index contributed by atoms with van der Waals surface area (Å²) in [7, 11) is 0. The lowest BCUT2D eigenvalue weighted by molar-refractivity contribution is -0.120. The number of nitrogens with zero attached hydrogens (tertiary/aromatic N) is 3. The second-order valence-corrected chi connectivity index (χ2v) is 7.63. The number of carbonyl (C=O) groups excluding carboxylic acids is 2. The third-order valence-electron chi connectivity index (χ3n) is 4.26. The second-order valence-electron chi connectivity index (χ2n) is 7.63. The summed E-state index contributed by atoms with van der Waals surface area (Å²) in [5.41, 5.74) is 1.50. The van der Waals surface area contributed by atoms with Gasteiger partial charge in [0.1, 0.15) is 0 Å². The van der Waals surface area contributed by atoms with Gasteiger partial charge in [0.2, 0.25) is 17.7 Å². The van der Waals surface area contributed by atoms with E-state index in [1.54, 1.807) is 0 Å². The van der Waals surface area contributed by atoms with Crippen molar-refractivity contribution in [1.82, 2.24) is 15.5 Å². The predicted octanol–water partition coefficient (Wildman–Crippen LogP) is 1.87. The molecule has 3 rings (SSSR count). The standard InChI is InChI=1S/C19H25N5O3/c1-19(2,3)18-22-17(27-23-18)9-8-15(25)21-13-4-6-14(7-5-13)24-11-10-20-16(26)12-24/h4-7H,8-12H2,1-3H3,(H,20,26)(H,21,25). The van der Waals surface area contributed by atoms with Crippen molar-refractivity contribution >= 4 is 23.2 Å². The van der Waals surface area contributed by atoms with E-state index in [0.29, 0.717) is 36.9 Å². The summed E-state index contributed by atoms with van der Waals surface area (Å²) in [6, 6.07) is 7.48. The van der Waals surface area contributed by atoms with E-state index in [1.165, 1.54) is 0 Å². The molecule has 144 valence electrons. The minimum Gasteiger partial charge on any atom is -0.360 e. The molecule has 0 radical (unpaired) electrons. The highest BCUT2D eigenvalue weighted by Crippen LogP contribution is 2.20. The van der Waals surface area contributed by atoms with E-state index in [0.717, 1.165) is 12.2 Å². The Bertz CT molecular complexity index is 807. The summed E-state index contributed by atoms with van der Waals surface area (Å²) in [4.78, 5) is 30.0. The Hall–Kier alpha value is -2.90. The van der Waals surface area contributed by atoms with Crippen LogP contribution in [0.5, 0.6) is 0 Å². The molecule has 1 saturated heterocycles. The summed E-state index contributed by atoms with van der Waals surface area (Å²) >= 11 is 0. The molecule has 2 N–H and O–H groups in total. The van der Waals surface area contributed by atoms with Gasteiger partial charge < -0.3 is 20.1 Å². The first kappa shape index (κ1) is 18.9. The van der Waals surface area contributed by atoms with Crippen molar-refractivity contribution in [2.75, 3.05) is 29.9 Å². The summed E-state index contributed by atoms with van der Waals surface area (Å²) in [6.07, 6.45) is 0.662. The van der Waals surface area contributed by atoms with Gasteiger partial charge in [-0.3, -0.25) is 9.59 Å². The average molecular weight is 371 g/mol. The van der Waals surface area contributed by atoms with Gasteiger partial charge in [0.15, 0.2) is 5.82 Å². The zero-order valence-electron chi connectivity index (χ0n) is 15.9. The molecule has 8 nitrogen and oxygen atoms in total. The smallest absolute Gasteiger partial charge is 0.239 e. The predicted molar refractivity (Wildman–Crippen MR) is 102 cm³/mol. The fourth-order valence-electron chi connectivity index (χ4n) is 2.72. The lowest BCUT2D eigenvalue weighted by Gasteiger charge is -2.28. The Morgan fingerprint density at radius 2 is 2.04 bits per heavy atom. The first-order chi connectivity index (χ1) is 12.8. The van der Waals surface area contributed by atoms with Gasteiger partial charge in [-0.15, -0.1) is 0 Å². The molecular formula is C19H25N5O3. The number of nitrogens with one attached hydrogen (secondary N) is 2. The third kappa shape index (κ3) is 5.06. The van der Waals surface area contributed by atoms with Crippen LogP contribution in [0.1, 0.15) is 38.9 Å². The Labute approximate surface area is 158 Å². The van der Waals surface area contributed by atoms with Gasteiger partial charge in [-0.05, 0) is 24.3 Å². The van der Waals surface area contributed by atoms with Crippen LogP contribution in [0.15, 0.2) is 28.8 Å². The fourth-order valence-corrected chi connectivity index (χ4v) is 2.72. The van der Waals surface area contributed by atoms with Crippen molar-refractivity contribution < 1.29 is 14.1 Å². The van der Waals surface area contributed by atoms with Gasteiger partial charge >= 0.3 is 0 Å². The highest BCUT2D eigenvalue weighted by Gasteiger charge is 2.21. The van der Waals surface area contributed by atoms with E-state index < -0.39 is 0 Å². The molecule has 0 atom stereocenters. The Morgan fingerprint density at radius 3 is 2.67 bits per heavy atom. The van der Waals surface area contributed by atoms with Crippen molar-refractivity contribution in [3.05, 3.63) is 36.0 Å². The van der Waals surface area contributed by atoms with Crippen LogP contribution in [0.25, 0.3) is 0 Å². The third-order valence-corrected chi connectivity index (χ3v) is 4.26. The maximum Gasteiger partial charge on any atom is 0.239 e. The van der Waals surface area contributed by atoms with Crippen LogP contribution in [0.4, 0.5) is 11.4 Å². The number of carbonyl (C=O) groups is 2. The molecule has 1 fully saturated rings. The summed E-state index contributed by atoms with van der Waals surface area (Å²) in [6.45, 7) is 7.80. The lowest BCUT2D eigenvalue weighted by Crippen LogP contribution is -2.47. The van der Waals surface area contributed by atoms with Crippen LogP contribution in [0, 0.1) is 0 Å². The molecule has 27 heavy (non-hydrogen) atoms. The number of piperazine rings is 1. The molecule has 0 spiro atoms. The number of hydrogen-bond donors (Lipinski definition) is 2. The monoisotopic (exact) mass is 371 g/mol. The van der Waals surface area contributed by atoms with E-state index in [2.05, 4.69) is 20.8 Å². The highest BCUT2D eigenvalue weighted by atomic mass is 16.5. The first-order valence-electron chi connectivity index (χ1n) is 9.06. The molecule has 1 aliphatic rings. The van der Waals surface area contributed by atoms with Crippen molar-refractivity contribution in [2.24, 2.45) is 0 Å². The van der Waals surface area contributed by atoms with E-state index >= 15 is 0 Å². The second kappa shape index (κ2) is 7.77. The molecule has 0 aliphatic carbocycles. The van der Waals surface area contributed by atoms with Crippen LogP contribution in [0.3, 0.4) is 0 Å². The summed E-state index contributed by atoms with van der Waals surface area (Å²) in [5, 5.41) is 9.62. The Morgan fingerprint density at radius 1 is 1.30 bits per heavy atom. The summed E-state index contributed by atoms with van der Waals surface area (Å²) in [5.74, 6) is 1.01. The van der Waals surface area contributed by atoms with Crippen LogP contribution in [0.2, 0.25) is 0 Å². The molecule has 2 amide bonds. The minimum atomic E-state index is -0.180. The maximum atomic E-state index is 12.2. The number of aryl methyl sites for hydroxylation is 1. The van der Waals surface area contributed by atoms with Gasteiger partial charge in [0.25, 0.3) is 0 Å². The van der Waals surface area contributed by atoms with Crippen LogP contribution in [-0.2, 0) is 21.4 Å². The molecule has 1 aromatic heterocycles. The lowest BCUT2D eigenvalue weighted by atomic mass is 9.96. The topological polar surface area (TPSA) is 100 Å². The van der Waals surface area contributed by atoms with Crippen LogP contribution >= 0.6 is 0 Å². The van der Waals surface area contributed by atoms with Crippen LogP contribution < -0.4 is 15.5 Å². The molecule has 1 aromatic carbocycles. The van der Waals surface area contributed by atoms with Gasteiger partial charge in [-0.25, -0.2) is 0 Å². The minimum absolute atomic E-state index is 0.0225. The van der Waals surface area contributed by atoms with Crippen LogP contribution in [-0.4, -0.2) is 41.6 Å². The quantitative estimate of drug-likeness (QED) is 0.832. The molecule has 1 aliphatic heterocycles. The SMILES string of the molecule is CC(C)(C)c1noc(CCC(=O)Nc2ccc(N3CCNC(=O)C3)cc2)n1. The van der Waals surface area contributed by atoms with E-state index in [-0.39, 0.29) is 23.7 Å². The van der Waals surface area contributed by atoms with E-state index in [9.17, 15) is 9.59 Å². The van der Waals surface area contributed by atoms with E-state index in [1.807, 2.05) is 49.9 Å². The highest BCUT2D eigenvalue weighted by molar-refractivity contribution is 5.91. The largest absolute Gasteiger partial charge is 0.360 e. The van der Waals surface area contributed by atoms with Crippen molar-refractivity contribution in [2.45, 2.75) is 39.0 Å². The molecule has 0 saturated carbocycles. The van der Waals surface area contributed by atoms with Gasteiger partial charge in [-0.2, -0.15) is 4.98 Å². The Kier molecular flexibility index (Phi) is 5.43. The molecular weight excluding hydrogens is 346 g/mol. The van der Waals surface area contributed by atoms with E-state index in [4.69, 9.17) is 4.52 Å². The molecule has 2 heterocycles. The fraction of sp³-hybridized carbons (Fsp3) is 0.474. The number of anilines is 2. The van der Waals surface area contributed by atoms with Crippen molar-refractivity contribution in [3.63, 3.8) is 0 Å². The van der Waals surface area contributed by atoms with Gasteiger partial charge in [0, 0.05) is 42.7 Å². The molecule has 0 unspecified atom stereocenters. The molecule has 2 aromatic rings. The maximum absolute atomic E-state index is 12.2. The molecule has 8 heteroatoms. The number of aromatic nitrogens is 2. The summed E-state index contributed by atoms with van der Waals surface area (Å²) < 4.78 is 5.20. The normalized spacial score (nSPS) is 14.8.